The number of allylic oxidation sites excluding steroid dienone is 1. The second-order valence-electron chi connectivity index (χ2n) is 2.66. The van der Waals surface area contributed by atoms with E-state index in [1.165, 1.54) is 0 Å². The summed E-state index contributed by atoms with van der Waals surface area (Å²) in [6, 6.07) is 3.67. The molecule has 0 unspecified atom stereocenters. The third-order valence-corrected chi connectivity index (χ3v) is 1.87. The highest BCUT2D eigenvalue weighted by Gasteiger charge is 2.21. The van der Waals surface area contributed by atoms with E-state index in [1.54, 1.807) is 6.07 Å². The molecule has 0 fully saturated rings. The number of hydrogen-bond donors (Lipinski definition) is 0. The van der Waals surface area contributed by atoms with Gasteiger partial charge in [-0.1, -0.05) is 0 Å². The van der Waals surface area contributed by atoms with Crippen molar-refractivity contribution in [3.8, 4) is 12.1 Å². The molecule has 4 heteroatoms. The molecule has 4 nitrogen and oxygen atoms in total. The molecule has 0 saturated heterocycles. The third kappa shape index (κ3) is 2.07. The van der Waals surface area contributed by atoms with Crippen molar-refractivity contribution >= 4 is 5.97 Å². The quantitative estimate of drug-likeness (QED) is 0.589. The molecule has 0 aromatic carbocycles. The molecule has 0 radical (unpaired) electrons. The Morgan fingerprint density at radius 2 is 2.23 bits per heavy atom. The Balaban J connectivity index is 2.67. The molecule has 0 aliphatic heterocycles. The maximum Gasteiger partial charge on any atom is 0.336 e. The van der Waals surface area contributed by atoms with Crippen LogP contribution in [0.5, 0.6) is 0 Å². The molecule has 0 aromatic rings. The summed E-state index contributed by atoms with van der Waals surface area (Å²) in [5.74, 6) is -0.518. The second-order valence-corrected chi connectivity index (χ2v) is 2.66. The van der Waals surface area contributed by atoms with Crippen molar-refractivity contribution in [2.75, 3.05) is 6.61 Å². The van der Waals surface area contributed by atoms with E-state index in [2.05, 4.69) is 4.74 Å². The zero-order chi connectivity index (χ0) is 9.68. The first-order chi connectivity index (χ1) is 6.29. The summed E-state index contributed by atoms with van der Waals surface area (Å²) in [6.07, 6.45) is 2.06. The van der Waals surface area contributed by atoms with Crippen LogP contribution in [0.3, 0.4) is 0 Å². The van der Waals surface area contributed by atoms with E-state index in [0.717, 1.165) is 6.42 Å². The monoisotopic (exact) mass is 176 g/mol. The predicted molar refractivity (Wildman–Crippen MR) is 43.1 cm³/mol. The van der Waals surface area contributed by atoms with Crippen LogP contribution in [-0.4, -0.2) is 12.6 Å². The van der Waals surface area contributed by atoms with E-state index < -0.39 is 5.97 Å². The van der Waals surface area contributed by atoms with Gasteiger partial charge in [0, 0.05) is 5.57 Å². The fourth-order valence-corrected chi connectivity index (χ4v) is 1.28. The number of rotatable bonds is 2. The van der Waals surface area contributed by atoms with Gasteiger partial charge in [0.15, 0.2) is 6.61 Å². The van der Waals surface area contributed by atoms with Gasteiger partial charge in [-0.05, 0) is 19.3 Å². The van der Waals surface area contributed by atoms with E-state index in [-0.39, 0.29) is 6.61 Å². The Bertz CT molecular complexity index is 331. The topological polar surface area (TPSA) is 73.9 Å². The van der Waals surface area contributed by atoms with Crippen LogP contribution in [0, 0.1) is 22.7 Å². The first-order valence-electron chi connectivity index (χ1n) is 3.95. The lowest BCUT2D eigenvalue weighted by molar-refractivity contribution is -0.137. The van der Waals surface area contributed by atoms with Gasteiger partial charge < -0.3 is 4.74 Å². The SMILES string of the molecule is N#CCOC(=O)C1=C(C#N)CCC1. The number of esters is 1. The highest BCUT2D eigenvalue weighted by molar-refractivity contribution is 5.90. The van der Waals surface area contributed by atoms with Crippen molar-refractivity contribution in [1.29, 1.82) is 10.5 Å². The van der Waals surface area contributed by atoms with Gasteiger partial charge in [-0.25, -0.2) is 4.79 Å². The lowest BCUT2D eigenvalue weighted by atomic mass is 10.2. The number of carbonyl (C=O) groups is 1. The number of carbonyl (C=O) groups excluding carboxylic acids is 1. The van der Waals surface area contributed by atoms with E-state index in [1.807, 2.05) is 6.07 Å². The Hall–Kier alpha value is -1.81. The van der Waals surface area contributed by atoms with E-state index in [0.29, 0.717) is 24.0 Å². The van der Waals surface area contributed by atoms with Crippen LogP contribution in [0.15, 0.2) is 11.1 Å². The van der Waals surface area contributed by atoms with Crippen molar-refractivity contribution in [3.63, 3.8) is 0 Å². The molecular weight excluding hydrogens is 168 g/mol. The summed E-state index contributed by atoms with van der Waals surface area (Å²) in [5, 5.41) is 16.8. The zero-order valence-corrected chi connectivity index (χ0v) is 7.04. The third-order valence-electron chi connectivity index (χ3n) is 1.87. The average Bonchev–Trinajstić information content (AvgIpc) is 2.61. The Kier molecular flexibility index (Phi) is 3.05. The Labute approximate surface area is 76.0 Å². The van der Waals surface area contributed by atoms with Crippen LogP contribution < -0.4 is 0 Å². The molecule has 1 rings (SSSR count). The molecule has 0 heterocycles. The molecule has 66 valence electrons. The molecular formula is C9H8N2O2. The molecule has 1 aliphatic rings. The van der Waals surface area contributed by atoms with Crippen LogP contribution in [0.4, 0.5) is 0 Å². The summed E-state index contributed by atoms with van der Waals surface area (Å²) >= 11 is 0. The molecule has 0 aromatic heterocycles. The van der Waals surface area contributed by atoms with Crippen LogP contribution in [0.25, 0.3) is 0 Å². The highest BCUT2D eigenvalue weighted by atomic mass is 16.5. The number of hydrogen-bond acceptors (Lipinski definition) is 4. The minimum absolute atomic E-state index is 0.249. The Morgan fingerprint density at radius 3 is 2.85 bits per heavy atom. The second kappa shape index (κ2) is 4.27. The largest absolute Gasteiger partial charge is 0.447 e. The minimum Gasteiger partial charge on any atom is -0.447 e. The van der Waals surface area contributed by atoms with Crippen LogP contribution in [0.1, 0.15) is 19.3 Å². The van der Waals surface area contributed by atoms with Gasteiger partial charge in [-0.3, -0.25) is 0 Å². The maximum atomic E-state index is 11.2. The first-order valence-corrected chi connectivity index (χ1v) is 3.95. The van der Waals surface area contributed by atoms with Crippen molar-refractivity contribution in [2.24, 2.45) is 0 Å². The van der Waals surface area contributed by atoms with E-state index >= 15 is 0 Å². The number of nitrogens with zero attached hydrogens (tertiary/aromatic N) is 2. The van der Waals surface area contributed by atoms with Crippen LogP contribution in [-0.2, 0) is 9.53 Å². The zero-order valence-electron chi connectivity index (χ0n) is 7.04. The fourth-order valence-electron chi connectivity index (χ4n) is 1.28. The molecule has 0 saturated carbocycles. The van der Waals surface area contributed by atoms with Gasteiger partial charge in [-0.2, -0.15) is 10.5 Å². The van der Waals surface area contributed by atoms with E-state index in [4.69, 9.17) is 10.5 Å². The standard InChI is InChI=1S/C9H8N2O2/c10-4-5-13-9(12)8-3-1-2-7(8)6-11/h1-3,5H2. The van der Waals surface area contributed by atoms with Gasteiger partial charge >= 0.3 is 5.97 Å². The molecule has 0 bridgehead atoms. The van der Waals surface area contributed by atoms with Gasteiger partial charge in [0.25, 0.3) is 0 Å². The van der Waals surface area contributed by atoms with Crippen LogP contribution in [0.2, 0.25) is 0 Å². The van der Waals surface area contributed by atoms with Crippen molar-refractivity contribution < 1.29 is 9.53 Å². The fraction of sp³-hybridized carbons (Fsp3) is 0.444. The summed E-state index contributed by atoms with van der Waals surface area (Å²) in [5.41, 5.74) is 0.945. The minimum atomic E-state index is -0.518. The summed E-state index contributed by atoms with van der Waals surface area (Å²) in [4.78, 5) is 11.2. The Morgan fingerprint density at radius 1 is 1.46 bits per heavy atom. The molecule has 0 N–H and O–H groups in total. The molecule has 0 amide bonds. The summed E-state index contributed by atoms with van der Waals surface area (Å²) in [7, 11) is 0. The van der Waals surface area contributed by atoms with Gasteiger partial charge in [0.2, 0.25) is 0 Å². The molecule has 13 heavy (non-hydrogen) atoms. The lowest BCUT2D eigenvalue weighted by Gasteiger charge is -2.00. The normalized spacial score (nSPS) is 14.9. The summed E-state index contributed by atoms with van der Waals surface area (Å²) < 4.78 is 4.60. The summed E-state index contributed by atoms with van der Waals surface area (Å²) in [6.45, 7) is -0.249. The predicted octanol–water partition coefficient (Wildman–Crippen LogP) is 1.06. The van der Waals surface area contributed by atoms with E-state index in [9.17, 15) is 4.79 Å². The van der Waals surface area contributed by atoms with Crippen molar-refractivity contribution in [3.05, 3.63) is 11.1 Å². The average molecular weight is 176 g/mol. The van der Waals surface area contributed by atoms with Crippen LogP contribution >= 0.6 is 0 Å². The van der Waals surface area contributed by atoms with Crippen molar-refractivity contribution in [2.45, 2.75) is 19.3 Å². The number of ether oxygens (including phenoxy) is 1. The highest BCUT2D eigenvalue weighted by Crippen LogP contribution is 2.25. The molecule has 0 spiro atoms. The van der Waals surface area contributed by atoms with Gasteiger partial charge in [-0.15, -0.1) is 0 Å². The van der Waals surface area contributed by atoms with Crippen molar-refractivity contribution in [1.82, 2.24) is 0 Å². The molecule has 0 atom stereocenters. The van der Waals surface area contributed by atoms with Gasteiger partial charge in [0.05, 0.1) is 11.6 Å². The maximum absolute atomic E-state index is 11.2. The van der Waals surface area contributed by atoms with Gasteiger partial charge in [0.1, 0.15) is 6.07 Å². The molecule has 1 aliphatic carbocycles. The first kappa shape index (κ1) is 9.28. The smallest absolute Gasteiger partial charge is 0.336 e. The number of nitriles is 2. The lowest BCUT2D eigenvalue weighted by Crippen LogP contribution is -2.07.